The van der Waals surface area contributed by atoms with Crippen molar-refractivity contribution < 1.29 is 13.6 Å². The third-order valence-corrected chi connectivity index (χ3v) is 6.42. The largest absolute Gasteiger partial charge is 0.368 e. The van der Waals surface area contributed by atoms with Crippen LogP contribution < -0.4 is 5.32 Å². The molecule has 1 N–H and O–H groups in total. The van der Waals surface area contributed by atoms with Crippen LogP contribution in [0.5, 0.6) is 0 Å². The first-order chi connectivity index (χ1) is 14.8. The number of alkyl halides is 2. The second-order valence-electron chi connectivity index (χ2n) is 7.48. The third kappa shape index (κ3) is 5.02. The summed E-state index contributed by atoms with van der Waals surface area (Å²) < 4.78 is 28.4. The fourth-order valence-electron chi connectivity index (χ4n) is 3.67. The summed E-state index contributed by atoms with van der Waals surface area (Å²) in [6.45, 7) is 1.96. The van der Waals surface area contributed by atoms with Gasteiger partial charge in [-0.25, -0.2) is 18.7 Å². The number of nitrogens with one attached hydrogen (secondary N) is 1. The molecule has 3 aromatic rings. The Kier molecular flexibility index (Phi) is 6.20. The van der Waals surface area contributed by atoms with Crippen molar-refractivity contribution in [3.05, 3.63) is 64.4 Å². The molecule has 3 heterocycles. The van der Waals surface area contributed by atoms with Gasteiger partial charge in [-0.15, -0.1) is 11.3 Å². The van der Waals surface area contributed by atoms with E-state index < -0.39 is 18.4 Å². The predicted octanol–water partition coefficient (Wildman–Crippen LogP) is 5.52. The van der Waals surface area contributed by atoms with Crippen LogP contribution in [0.15, 0.2) is 48.7 Å². The highest BCUT2D eigenvalue weighted by atomic mass is 35.5. The van der Waals surface area contributed by atoms with Crippen molar-refractivity contribution in [2.75, 3.05) is 18.4 Å². The van der Waals surface area contributed by atoms with Gasteiger partial charge in [0.2, 0.25) is 0 Å². The molecule has 1 aromatic carbocycles. The fourth-order valence-corrected chi connectivity index (χ4v) is 4.70. The molecule has 0 aliphatic carbocycles. The van der Waals surface area contributed by atoms with Gasteiger partial charge in [0.1, 0.15) is 11.5 Å². The molecule has 1 atom stereocenters. The minimum Gasteiger partial charge on any atom is -0.368 e. The van der Waals surface area contributed by atoms with Gasteiger partial charge in [-0.2, -0.15) is 0 Å². The molecule has 0 bridgehead atoms. The van der Waals surface area contributed by atoms with Crippen molar-refractivity contribution in [3.8, 4) is 10.4 Å². The van der Waals surface area contributed by atoms with Crippen molar-refractivity contribution in [1.82, 2.24) is 14.9 Å². The zero-order chi connectivity index (χ0) is 22.0. The maximum absolute atomic E-state index is 14.2. The molecule has 1 fully saturated rings. The Labute approximate surface area is 188 Å². The molecule has 1 saturated heterocycles. The van der Waals surface area contributed by atoms with Crippen LogP contribution in [0.3, 0.4) is 0 Å². The van der Waals surface area contributed by atoms with Crippen LogP contribution in [0.25, 0.3) is 10.4 Å². The van der Waals surface area contributed by atoms with E-state index >= 15 is 0 Å². The summed E-state index contributed by atoms with van der Waals surface area (Å²) in [6, 6.07) is 12.2. The van der Waals surface area contributed by atoms with Crippen LogP contribution in [0.2, 0.25) is 5.02 Å². The van der Waals surface area contributed by atoms with Crippen LogP contribution in [-0.2, 0) is 0 Å². The number of benzene rings is 1. The van der Waals surface area contributed by atoms with E-state index in [1.807, 2.05) is 37.3 Å². The number of likely N-dealkylation sites (tertiary alicyclic amines) is 1. The van der Waals surface area contributed by atoms with Crippen molar-refractivity contribution in [3.63, 3.8) is 0 Å². The van der Waals surface area contributed by atoms with Gasteiger partial charge in [0.05, 0.1) is 20.9 Å². The van der Waals surface area contributed by atoms with Crippen molar-refractivity contribution in [1.29, 1.82) is 0 Å². The SMILES string of the molecule is Cc1nc(C(=O)N2CCC(F)(F)C[C@H]2CNc2ccc(Cl)cn2)c(-c2ccccc2)s1. The standard InChI is InChI=1S/C22H21ClF2N4OS/c1-14-28-19(20(31-14)15-5-3-2-4-6-15)21(30)29-10-9-22(24,25)11-17(29)13-27-18-8-7-16(23)12-26-18/h2-8,12,17H,9-11,13H2,1H3,(H,26,27)/t17-/m0/s1. The number of anilines is 1. The highest BCUT2D eigenvalue weighted by molar-refractivity contribution is 7.15. The van der Waals surface area contributed by atoms with Crippen molar-refractivity contribution in [2.45, 2.75) is 31.7 Å². The lowest BCUT2D eigenvalue weighted by molar-refractivity contribution is -0.0675. The van der Waals surface area contributed by atoms with E-state index in [4.69, 9.17) is 11.6 Å². The number of pyridine rings is 1. The van der Waals surface area contributed by atoms with E-state index in [0.29, 0.717) is 16.5 Å². The van der Waals surface area contributed by atoms with Gasteiger partial charge in [-0.3, -0.25) is 4.79 Å². The third-order valence-electron chi connectivity index (χ3n) is 5.17. The molecule has 0 radical (unpaired) electrons. The molecule has 5 nitrogen and oxygen atoms in total. The number of hydrogen-bond donors (Lipinski definition) is 1. The lowest BCUT2D eigenvalue weighted by Gasteiger charge is -2.39. The van der Waals surface area contributed by atoms with Gasteiger partial charge in [0.25, 0.3) is 11.8 Å². The second kappa shape index (κ2) is 8.88. The summed E-state index contributed by atoms with van der Waals surface area (Å²) in [5.41, 5.74) is 1.20. The number of carbonyl (C=O) groups is 1. The molecular weight excluding hydrogens is 442 g/mol. The number of thiazole rings is 1. The van der Waals surface area contributed by atoms with E-state index in [0.717, 1.165) is 15.4 Å². The first-order valence-corrected chi connectivity index (χ1v) is 11.1. The van der Waals surface area contributed by atoms with Gasteiger partial charge in [-0.1, -0.05) is 41.9 Å². The summed E-state index contributed by atoms with van der Waals surface area (Å²) in [7, 11) is 0. The minimum atomic E-state index is -2.82. The number of carbonyl (C=O) groups excluding carboxylic acids is 1. The van der Waals surface area contributed by atoms with Crippen LogP contribution in [0, 0.1) is 6.92 Å². The maximum atomic E-state index is 14.2. The summed E-state index contributed by atoms with van der Waals surface area (Å²) >= 11 is 7.28. The van der Waals surface area contributed by atoms with Crippen molar-refractivity contribution >= 4 is 34.7 Å². The summed E-state index contributed by atoms with van der Waals surface area (Å²) in [5.74, 6) is -2.63. The smallest absolute Gasteiger partial charge is 0.274 e. The molecule has 1 aliphatic rings. The number of amides is 1. The number of halogens is 3. The van der Waals surface area contributed by atoms with Gasteiger partial charge in [0.15, 0.2) is 0 Å². The fraction of sp³-hybridized carbons (Fsp3) is 0.318. The Bertz CT molecular complexity index is 1060. The molecule has 0 spiro atoms. The zero-order valence-corrected chi connectivity index (χ0v) is 18.4. The normalized spacial score (nSPS) is 18.1. The summed E-state index contributed by atoms with van der Waals surface area (Å²) in [5, 5.41) is 4.29. The van der Waals surface area contributed by atoms with Gasteiger partial charge < -0.3 is 10.2 Å². The number of piperidine rings is 1. The topological polar surface area (TPSA) is 58.1 Å². The number of rotatable bonds is 5. The van der Waals surface area contributed by atoms with Crippen LogP contribution in [-0.4, -0.2) is 45.8 Å². The lowest BCUT2D eigenvalue weighted by Crippen LogP contribution is -2.52. The second-order valence-corrected chi connectivity index (χ2v) is 9.12. The minimum absolute atomic E-state index is 0.0307. The number of nitrogens with zero attached hydrogens (tertiary/aromatic N) is 3. The molecule has 31 heavy (non-hydrogen) atoms. The quantitative estimate of drug-likeness (QED) is 0.542. The highest BCUT2D eigenvalue weighted by Crippen LogP contribution is 2.35. The van der Waals surface area contributed by atoms with E-state index in [-0.39, 0.29) is 25.4 Å². The van der Waals surface area contributed by atoms with Gasteiger partial charge >= 0.3 is 0 Å². The Morgan fingerprint density at radius 2 is 2.06 bits per heavy atom. The van der Waals surface area contributed by atoms with Crippen LogP contribution in [0.4, 0.5) is 14.6 Å². The first kappa shape index (κ1) is 21.6. The maximum Gasteiger partial charge on any atom is 0.274 e. The molecule has 162 valence electrons. The molecule has 1 amide bonds. The van der Waals surface area contributed by atoms with E-state index in [2.05, 4.69) is 15.3 Å². The molecule has 9 heteroatoms. The average Bonchev–Trinajstić information content (AvgIpc) is 3.15. The Hall–Kier alpha value is -2.58. The molecule has 1 aliphatic heterocycles. The summed E-state index contributed by atoms with van der Waals surface area (Å²) in [6.07, 6.45) is 0.702. The molecular formula is C22H21ClF2N4OS. The Morgan fingerprint density at radius 3 is 2.77 bits per heavy atom. The Balaban J connectivity index is 1.59. The van der Waals surface area contributed by atoms with Crippen molar-refractivity contribution in [2.24, 2.45) is 0 Å². The molecule has 2 aromatic heterocycles. The first-order valence-electron chi connectivity index (χ1n) is 9.89. The molecule has 4 rings (SSSR count). The van der Waals surface area contributed by atoms with Crippen LogP contribution in [0.1, 0.15) is 28.3 Å². The molecule has 0 unspecified atom stereocenters. The lowest BCUT2D eigenvalue weighted by atomic mass is 9.97. The molecule has 0 saturated carbocycles. The number of hydrogen-bond acceptors (Lipinski definition) is 5. The summed E-state index contributed by atoms with van der Waals surface area (Å²) in [4.78, 5) is 24.3. The van der Waals surface area contributed by atoms with Gasteiger partial charge in [-0.05, 0) is 24.6 Å². The Morgan fingerprint density at radius 1 is 1.29 bits per heavy atom. The predicted molar refractivity (Wildman–Crippen MR) is 119 cm³/mol. The highest BCUT2D eigenvalue weighted by Gasteiger charge is 2.43. The van der Waals surface area contributed by atoms with Gasteiger partial charge in [0, 0.05) is 32.1 Å². The van der Waals surface area contributed by atoms with Crippen LogP contribution >= 0.6 is 22.9 Å². The van der Waals surface area contributed by atoms with E-state index in [1.54, 1.807) is 12.1 Å². The average molecular weight is 463 g/mol. The number of aryl methyl sites for hydroxylation is 1. The zero-order valence-electron chi connectivity index (χ0n) is 16.8. The monoisotopic (exact) mass is 462 g/mol. The van der Waals surface area contributed by atoms with E-state index in [9.17, 15) is 13.6 Å². The van der Waals surface area contributed by atoms with E-state index in [1.165, 1.54) is 22.4 Å². The number of aromatic nitrogens is 2.